The van der Waals surface area contributed by atoms with E-state index in [0.29, 0.717) is 19.6 Å². The fourth-order valence-corrected chi connectivity index (χ4v) is 1.56. The van der Waals surface area contributed by atoms with Crippen LogP contribution in [-0.4, -0.2) is 6.61 Å². The molecule has 0 heterocycles. The largest absolute Gasteiger partial charge is 0.376 e. The molecule has 2 heteroatoms. The first kappa shape index (κ1) is 13.7. The average molecular weight is 231 g/mol. The van der Waals surface area contributed by atoms with Crippen molar-refractivity contribution in [1.29, 1.82) is 5.26 Å². The van der Waals surface area contributed by atoms with Crippen molar-refractivity contribution in [2.45, 2.75) is 45.6 Å². The second-order valence-corrected chi connectivity index (χ2v) is 4.90. The predicted octanol–water partition coefficient (Wildman–Crippen LogP) is 3.80. The fourth-order valence-electron chi connectivity index (χ4n) is 1.56. The molecule has 0 N–H and O–H groups in total. The molecule has 0 unspecified atom stereocenters. The topological polar surface area (TPSA) is 33.0 Å². The third-order valence-corrected chi connectivity index (χ3v) is 3.25. The molecule has 1 rings (SSSR count). The van der Waals surface area contributed by atoms with Crippen LogP contribution in [-0.2, 0) is 16.8 Å². The molecule has 0 aliphatic heterocycles. The monoisotopic (exact) mass is 231 g/mol. The van der Waals surface area contributed by atoms with Crippen molar-refractivity contribution in [2.75, 3.05) is 6.61 Å². The highest BCUT2D eigenvalue weighted by atomic mass is 16.5. The van der Waals surface area contributed by atoms with Gasteiger partial charge in [0, 0.05) is 0 Å². The predicted molar refractivity (Wildman–Crippen MR) is 69.6 cm³/mol. The highest BCUT2D eigenvalue weighted by molar-refractivity contribution is 5.27. The lowest BCUT2D eigenvalue weighted by Crippen LogP contribution is -2.15. The van der Waals surface area contributed by atoms with E-state index in [4.69, 9.17) is 10.00 Å². The molecule has 0 aliphatic rings. The third-order valence-electron chi connectivity index (χ3n) is 3.25. The van der Waals surface area contributed by atoms with Gasteiger partial charge in [-0.25, -0.2) is 0 Å². The minimum absolute atomic E-state index is 0.236. The molecule has 2 nitrogen and oxygen atoms in total. The summed E-state index contributed by atoms with van der Waals surface area (Å²) >= 11 is 0. The summed E-state index contributed by atoms with van der Waals surface area (Å²) in [7, 11) is 0. The van der Waals surface area contributed by atoms with Gasteiger partial charge in [-0.05, 0) is 23.0 Å². The Morgan fingerprint density at radius 3 is 2.41 bits per heavy atom. The molecule has 0 fully saturated rings. The quantitative estimate of drug-likeness (QED) is 0.697. The Hall–Kier alpha value is -1.33. The Kier molecular flexibility index (Phi) is 5.18. The molecule has 0 amide bonds. The van der Waals surface area contributed by atoms with Crippen LogP contribution in [0.2, 0.25) is 0 Å². The highest BCUT2D eigenvalue weighted by Crippen LogP contribution is 2.26. The van der Waals surface area contributed by atoms with E-state index in [-0.39, 0.29) is 5.41 Å². The van der Waals surface area contributed by atoms with E-state index in [1.807, 2.05) is 0 Å². The zero-order valence-corrected chi connectivity index (χ0v) is 11.0. The molecule has 0 spiro atoms. The molecule has 92 valence electrons. The summed E-state index contributed by atoms with van der Waals surface area (Å²) in [6.07, 6.45) is 1.59. The number of rotatable bonds is 6. The van der Waals surface area contributed by atoms with Crippen molar-refractivity contribution in [3.63, 3.8) is 0 Å². The number of benzene rings is 1. The maximum Gasteiger partial charge on any atom is 0.0717 e. The van der Waals surface area contributed by atoms with E-state index in [9.17, 15) is 0 Å². The van der Waals surface area contributed by atoms with Gasteiger partial charge in [0.15, 0.2) is 0 Å². The van der Waals surface area contributed by atoms with Crippen molar-refractivity contribution >= 4 is 0 Å². The second kappa shape index (κ2) is 6.42. The number of hydrogen-bond donors (Lipinski definition) is 0. The summed E-state index contributed by atoms with van der Waals surface area (Å²) in [6, 6.07) is 10.6. The van der Waals surface area contributed by atoms with Gasteiger partial charge < -0.3 is 4.74 Å². The van der Waals surface area contributed by atoms with Crippen LogP contribution < -0.4 is 0 Å². The van der Waals surface area contributed by atoms with Gasteiger partial charge in [0.2, 0.25) is 0 Å². The summed E-state index contributed by atoms with van der Waals surface area (Å²) in [6.45, 7) is 7.82. The van der Waals surface area contributed by atoms with Gasteiger partial charge >= 0.3 is 0 Å². The Labute approximate surface area is 104 Å². The molecule has 17 heavy (non-hydrogen) atoms. The number of hydrogen-bond acceptors (Lipinski definition) is 2. The molecule has 0 saturated carbocycles. The Bertz CT molecular complexity index is 373. The van der Waals surface area contributed by atoms with Crippen LogP contribution in [0, 0.1) is 11.3 Å². The first-order valence-electron chi connectivity index (χ1n) is 6.14. The molecular formula is C15H21NO. The van der Waals surface area contributed by atoms with E-state index in [1.165, 1.54) is 11.1 Å². The Morgan fingerprint density at radius 1 is 1.24 bits per heavy atom. The van der Waals surface area contributed by atoms with Crippen LogP contribution in [0.5, 0.6) is 0 Å². The number of nitrogens with zero attached hydrogens (tertiary/aromatic N) is 1. The van der Waals surface area contributed by atoms with Crippen molar-refractivity contribution in [2.24, 2.45) is 0 Å². The minimum atomic E-state index is 0.236. The summed E-state index contributed by atoms with van der Waals surface area (Å²) in [5.74, 6) is 0. The van der Waals surface area contributed by atoms with Crippen molar-refractivity contribution in [3.8, 4) is 6.07 Å². The van der Waals surface area contributed by atoms with Gasteiger partial charge in [0.25, 0.3) is 0 Å². The molecule has 0 bridgehead atoms. The first-order valence-corrected chi connectivity index (χ1v) is 6.14. The number of ether oxygens (including phenoxy) is 1. The van der Waals surface area contributed by atoms with Crippen LogP contribution >= 0.6 is 0 Å². The second-order valence-electron chi connectivity index (χ2n) is 4.90. The van der Waals surface area contributed by atoms with Crippen molar-refractivity contribution in [1.82, 2.24) is 0 Å². The zero-order chi connectivity index (χ0) is 12.7. The standard InChI is InChI=1S/C15H21NO/c1-4-15(2,3)14-8-6-13(7-9-14)12-17-11-5-10-16/h6-9H,4-5,11-12H2,1-3H3. The fraction of sp³-hybridized carbons (Fsp3) is 0.533. The molecule has 0 atom stereocenters. The van der Waals surface area contributed by atoms with Crippen molar-refractivity contribution in [3.05, 3.63) is 35.4 Å². The maximum atomic E-state index is 8.39. The summed E-state index contributed by atoms with van der Waals surface area (Å²) in [4.78, 5) is 0. The van der Waals surface area contributed by atoms with Crippen LogP contribution in [0.4, 0.5) is 0 Å². The molecule has 1 aromatic rings. The molecule has 0 aromatic heterocycles. The van der Waals surface area contributed by atoms with E-state index < -0.39 is 0 Å². The normalized spacial score (nSPS) is 11.2. The van der Waals surface area contributed by atoms with Gasteiger partial charge in [-0.3, -0.25) is 0 Å². The summed E-state index contributed by atoms with van der Waals surface area (Å²) in [5, 5.41) is 8.39. The summed E-state index contributed by atoms with van der Waals surface area (Å²) in [5.41, 5.74) is 2.76. The molecular weight excluding hydrogens is 210 g/mol. The van der Waals surface area contributed by atoms with E-state index in [2.05, 4.69) is 51.1 Å². The van der Waals surface area contributed by atoms with E-state index >= 15 is 0 Å². The Balaban J connectivity index is 2.54. The maximum absolute atomic E-state index is 8.39. The summed E-state index contributed by atoms with van der Waals surface area (Å²) < 4.78 is 5.39. The van der Waals surface area contributed by atoms with E-state index in [1.54, 1.807) is 0 Å². The molecule has 1 aromatic carbocycles. The lowest BCUT2D eigenvalue weighted by Gasteiger charge is -2.23. The minimum Gasteiger partial charge on any atom is -0.376 e. The first-order chi connectivity index (χ1) is 8.10. The zero-order valence-electron chi connectivity index (χ0n) is 11.0. The Morgan fingerprint density at radius 2 is 1.88 bits per heavy atom. The molecule has 0 radical (unpaired) electrons. The van der Waals surface area contributed by atoms with Crippen LogP contribution in [0.1, 0.15) is 44.7 Å². The lowest BCUT2D eigenvalue weighted by molar-refractivity contribution is 0.126. The van der Waals surface area contributed by atoms with Crippen LogP contribution in [0.25, 0.3) is 0 Å². The SMILES string of the molecule is CCC(C)(C)c1ccc(COCCC#N)cc1. The number of nitriles is 1. The highest BCUT2D eigenvalue weighted by Gasteiger charge is 2.17. The van der Waals surface area contributed by atoms with Gasteiger partial charge in [-0.15, -0.1) is 0 Å². The average Bonchev–Trinajstić information content (AvgIpc) is 2.35. The van der Waals surface area contributed by atoms with Gasteiger partial charge in [-0.2, -0.15) is 5.26 Å². The molecule has 0 aliphatic carbocycles. The lowest BCUT2D eigenvalue weighted by atomic mass is 9.82. The van der Waals surface area contributed by atoms with Gasteiger partial charge in [0.05, 0.1) is 25.7 Å². The third kappa shape index (κ3) is 4.20. The molecule has 0 saturated heterocycles. The van der Waals surface area contributed by atoms with Crippen LogP contribution in [0.3, 0.4) is 0 Å². The van der Waals surface area contributed by atoms with E-state index in [0.717, 1.165) is 6.42 Å². The van der Waals surface area contributed by atoms with Gasteiger partial charge in [-0.1, -0.05) is 45.0 Å². The van der Waals surface area contributed by atoms with Crippen LogP contribution in [0.15, 0.2) is 24.3 Å². The van der Waals surface area contributed by atoms with Gasteiger partial charge in [0.1, 0.15) is 0 Å². The van der Waals surface area contributed by atoms with Crippen molar-refractivity contribution < 1.29 is 4.74 Å². The smallest absolute Gasteiger partial charge is 0.0717 e.